The molecule has 0 amide bonds. The maximum atomic E-state index is 12.2. The van der Waals surface area contributed by atoms with E-state index < -0.39 is 37.8 Å². The molecule has 17 heteroatoms. The Labute approximate surface area is 401 Å². The number of hydrogen-bond acceptors (Lipinski definition) is 12. The maximum Gasteiger partial charge on any atom is 0.326 e. The highest BCUT2D eigenvalue weighted by Crippen LogP contribution is 2.37. The molecule has 0 saturated heterocycles. The van der Waals surface area contributed by atoms with Gasteiger partial charge in [-0.2, -0.15) is 0 Å². The van der Waals surface area contributed by atoms with Crippen molar-refractivity contribution in [1.82, 2.24) is 5.32 Å². The van der Waals surface area contributed by atoms with Crippen LogP contribution in [0.1, 0.15) is 51.4 Å². The van der Waals surface area contributed by atoms with Gasteiger partial charge in [-0.3, -0.25) is 10.1 Å². The third kappa shape index (κ3) is 12.7. The van der Waals surface area contributed by atoms with Crippen LogP contribution in [0.3, 0.4) is 0 Å². The molecule has 0 spiro atoms. The topological polar surface area (TPSA) is 201 Å². The van der Waals surface area contributed by atoms with E-state index in [-0.39, 0.29) is 54.3 Å². The minimum atomic E-state index is -3.47. The summed E-state index contributed by atoms with van der Waals surface area (Å²) in [4.78, 5) is 12.3. The summed E-state index contributed by atoms with van der Waals surface area (Å²) in [7, 11) is -6.86. The largest absolute Gasteiger partial charge is 0.488 e. The predicted molar refractivity (Wildman–Crippen MR) is 259 cm³/mol. The Kier molecular flexibility index (Phi) is 16.3. The minimum Gasteiger partial charge on any atom is -0.488 e. The first-order valence-corrected chi connectivity index (χ1v) is 25.5. The van der Waals surface area contributed by atoms with Gasteiger partial charge in [-0.15, -0.1) is 0 Å². The smallest absolute Gasteiger partial charge is 0.326 e. The molecule has 0 aromatic heterocycles. The molecule has 1 atom stereocenters. The number of aliphatic hydroxyl groups is 1. The molecule has 13 nitrogen and oxygen atoms in total. The van der Waals surface area contributed by atoms with Crippen molar-refractivity contribution in [3.8, 4) is 34.1 Å². The molecule has 354 valence electrons. The molecule has 0 unspecified atom stereocenters. The molecule has 0 saturated carbocycles. The predicted octanol–water partition coefficient (Wildman–Crippen LogP) is 8.78. The van der Waals surface area contributed by atoms with Crippen LogP contribution in [0.15, 0.2) is 119 Å². The first-order chi connectivity index (χ1) is 31.7. The van der Waals surface area contributed by atoms with Crippen LogP contribution >= 0.6 is 23.2 Å². The number of nitrogens with two attached hydrogens (primary N) is 1. The lowest BCUT2D eigenvalue weighted by molar-refractivity contribution is -0.145. The van der Waals surface area contributed by atoms with Gasteiger partial charge < -0.3 is 34.9 Å². The van der Waals surface area contributed by atoms with Crippen LogP contribution in [-0.4, -0.2) is 57.7 Å². The summed E-state index contributed by atoms with van der Waals surface area (Å²) in [6, 6.07) is 31.4. The van der Waals surface area contributed by atoms with Crippen LogP contribution in [0.25, 0.3) is 11.1 Å². The van der Waals surface area contributed by atoms with E-state index >= 15 is 0 Å². The lowest BCUT2D eigenvalue weighted by Gasteiger charge is -2.25. The van der Waals surface area contributed by atoms with Gasteiger partial charge in [0.1, 0.15) is 55.0 Å². The zero-order chi connectivity index (χ0) is 48.7. The Morgan fingerprint density at radius 1 is 0.612 bits per heavy atom. The first kappa shape index (κ1) is 50.8. The molecule has 67 heavy (non-hydrogen) atoms. The molecule has 0 heterocycles. The number of rotatable bonds is 21. The minimum absolute atomic E-state index is 0.0207. The second-order valence-electron chi connectivity index (χ2n) is 16.3. The number of carboxylic acid groups (broad SMARTS) is 1. The first-order valence-electron chi connectivity index (χ1n) is 20.9. The van der Waals surface area contributed by atoms with Crippen molar-refractivity contribution in [3.63, 3.8) is 0 Å². The summed E-state index contributed by atoms with van der Waals surface area (Å²) in [6.07, 6.45) is 2.28. The summed E-state index contributed by atoms with van der Waals surface area (Å²) < 4.78 is 73.5. The van der Waals surface area contributed by atoms with E-state index in [0.29, 0.717) is 50.3 Å². The maximum absolute atomic E-state index is 12.2. The molecule has 0 bridgehead atoms. The van der Waals surface area contributed by atoms with Gasteiger partial charge in [-0.1, -0.05) is 83.9 Å². The van der Waals surface area contributed by atoms with E-state index in [0.717, 1.165) is 45.9 Å². The number of sulfone groups is 2. The van der Waals surface area contributed by atoms with Crippen LogP contribution in [0.2, 0.25) is 10.0 Å². The van der Waals surface area contributed by atoms with Crippen LogP contribution in [-0.2, 0) is 64.0 Å². The van der Waals surface area contributed by atoms with Gasteiger partial charge in [0.2, 0.25) is 0 Å². The summed E-state index contributed by atoms with van der Waals surface area (Å²) in [5.74, 6) is 0.203. The van der Waals surface area contributed by atoms with Crippen molar-refractivity contribution in [1.29, 1.82) is 0 Å². The van der Waals surface area contributed by atoms with Gasteiger partial charge in [0.25, 0.3) is 0 Å². The van der Waals surface area contributed by atoms with Crippen LogP contribution in [0, 0.1) is 13.8 Å². The number of nitrogens with one attached hydrogen (secondary N) is 1. The molecule has 6 rings (SSSR count). The third-order valence-electron chi connectivity index (χ3n) is 11.3. The Balaban J connectivity index is 1.20. The number of ether oxygens (including phenoxy) is 4. The fourth-order valence-electron chi connectivity index (χ4n) is 7.06. The third-order valence-corrected chi connectivity index (χ3v) is 14.1. The zero-order valence-corrected chi connectivity index (χ0v) is 40.7. The standard InChI is InChI=1S/C50H52Cl2N2O11S2/c1-31-35(28-64-47-22-45(37(24-53)20-43(47)51)62-26-33-10-6-14-39(18-33)66(4,58)59)12-8-16-41(31)42-17-9-13-36(32(42)2)29-65-48-23-46(63-27-34-11-7-15-40(19-34)67(5,60)61)38(21-44(48)52)25-54-50(3,30-55)49(56)57/h6-23,54-55H,24-30,53H2,1-5H3,(H,56,57)/t50-/m0/s1. The molecular formula is C50H52Cl2N2O11S2. The number of carbonyl (C=O) groups is 1. The van der Waals surface area contributed by atoms with Crippen molar-refractivity contribution in [2.24, 2.45) is 5.73 Å². The SMILES string of the molecule is Cc1c(COc2cc(OCc3cccc(S(C)(=O)=O)c3)c(CN)cc2Cl)cccc1-c1cccc(COc2cc(OCc3cccc(S(C)(=O)=O)c3)c(CN[C@@](C)(CO)C(=O)O)cc2Cl)c1C. The van der Waals surface area contributed by atoms with Crippen LogP contribution in [0.5, 0.6) is 23.0 Å². The molecule has 0 aliphatic rings. The fraction of sp³-hybridized carbons (Fsp3) is 0.260. The zero-order valence-electron chi connectivity index (χ0n) is 37.6. The van der Waals surface area contributed by atoms with Gasteiger partial charge >= 0.3 is 5.97 Å². The van der Waals surface area contributed by atoms with E-state index in [1.165, 1.54) is 25.1 Å². The van der Waals surface area contributed by atoms with Crippen molar-refractivity contribution < 1.29 is 50.8 Å². The number of halogens is 2. The summed E-state index contributed by atoms with van der Waals surface area (Å²) >= 11 is 13.4. The molecule has 5 N–H and O–H groups in total. The highest BCUT2D eigenvalue weighted by molar-refractivity contribution is 7.91. The second kappa shape index (κ2) is 21.5. The highest BCUT2D eigenvalue weighted by atomic mass is 35.5. The molecule has 0 aliphatic carbocycles. The average molecular weight is 992 g/mol. The number of carboxylic acids is 1. The van der Waals surface area contributed by atoms with E-state index in [1.54, 1.807) is 54.6 Å². The number of benzene rings is 6. The number of aliphatic hydroxyl groups excluding tert-OH is 1. The Morgan fingerprint density at radius 2 is 1.03 bits per heavy atom. The molecule has 0 radical (unpaired) electrons. The highest BCUT2D eigenvalue weighted by Gasteiger charge is 2.32. The van der Waals surface area contributed by atoms with Crippen molar-refractivity contribution in [3.05, 3.63) is 164 Å². The van der Waals surface area contributed by atoms with E-state index in [2.05, 4.69) is 5.32 Å². The van der Waals surface area contributed by atoms with Gasteiger partial charge in [0, 0.05) is 48.9 Å². The molecular weight excluding hydrogens is 940 g/mol. The number of aliphatic carboxylic acids is 1. The second-order valence-corrected chi connectivity index (χ2v) is 21.2. The normalized spacial score (nSPS) is 12.6. The van der Waals surface area contributed by atoms with Crippen molar-refractivity contribution in [2.75, 3.05) is 19.1 Å². The molecule has 6 aromatic carbocycles. The van der Waals surface area contributed by atoms with Gasteiger partial charge in [0.15, 0.2) is 19.7 Å². The van der Waals surface area contributed by atoms with Gasteiger partial charge in [0.05, 0.1) is 26.4 Å². The van der Waals surface area contributed by atoms with Crippen molar-refractivity contribution in [2.45, 2.75) is 75.6 Å². The van der Waals surface area contributed by atoms with Crippen LogP contribution in [0.4, 0.5) is 0 Å². The monoisotopic (exact) mass is 990 g/mol. The lowest BCUT2D eigenvalue weighted by Crippen LogP contribution is -2.52. The van der Waals surface area contributed by atoms with E-state index in [9.17, 15) is 31.8 Å². The molecule has 6 aromatic rings. The van der Waals surface area contributed by atoms with Crippen LogP contribution < -0.4 is 30.0 Å². The summed E-state index contributed by atoms with van der Waals surface area (Å²) in [6.45, 7) is 5.21. The average Bonchev–Trinajstić information content (AvgIpc) is 3.29. The molecule has 0 fully saturated rings. The Morgan fingerprint density at radius 3 is 1.45 bits per heavy atom. The number of hydrogen-bond donors (Lipinski definition) is 4. The fourth-order valence-corrected chi connectivity index (χ4v) is 8.92. The molecule has 0 aliphatic heterocycles. The van der Waals surface area contributed by atoms with Gasteiger partial charge in [-0.05, 0) is 102 Å². The summed E-state index contributed by atoms with van der Waals surface area (Å²) in [5, 5.41) is 23.0. The Hall–Kier alpha value is -5.65. The quantitative estimate of drug-likeness (QED) is 0.0534. The van der Waals surface area contributed by atoms with E-state index in [4.69, 9.17) is 47.9 Å². The van der Waals surface area contributed by atoms with E-state index in [1.807, 2.05) is 50.2 Å². The summed E-state index contributed by atoms with van der Waals surface area (Å²) in [5.41, 5.74) is 12.5. The van der Waals surface area contributed by atoms with Crippen molar-refractivity contribution >= 4 is 48.8 Å². The van der Waals surface area contributed by atoms with Gasteiger partial charge in [-0.25, -0.2) is 16.8 Å². The Bertz CT molecular complexity index is 3020. The lowest BCUT2D eigenvalue weighted by atomic mass is 9.92.